The molecule has 1 aromatic rings. The average Bonchev–Trinajstić information content (AvgIpc) is 2.90. The van der Waals surface area contributed by atoms with Crippen molar-refractivity contribution in [2.75, 3.05) is 27.2 Å². The smallest absolute Gasteiger partial charge is 0.226 e. The number of rotatable bonds is 6. The molecule has 1 saturated carbocycles. The Morgan fingerprint density at radius 1 is 1.18 bits per heavy atom. The van der Waals surface area contributed by atoms with E-state index in [1.165, 1.54) is 5.56 Å². The van der Waals surface area contributed by atoms with Crippen molar-refractivity contribution in [1.82, 2.24) is 9.80 Å². The first kappa shape index (κ1) is 18.9. The van der Waals surface area contributed by atoms with Gasteiger partial charge in [-0.05, 0) is 38.9 Å². The van der Waals surface area contributed by atoms with Gasteiger partial charge in [-0.3, -0.25) is 4.79 Å². The van der Waals surface area contributed by atoms with E-state index < -0.39 is 0 Å². The number of carbonyl (C=O) groups is 1. The minimum Gasteiger partial charge on any atom is -0.337 e. The molecule has 2 rings (SSSR count). The van der Waals surface area contributed by atoms with Crippen molar-refractivity contribution in [1.29, 1.82) is 0 Å². The van der Waals surface area contributed by atoms with Crippen LogP contribution in [0.4, 0.5) is 0 Å². The van der Waals surface area contributed by atoms with Crippen LogP contribution >= 0.6 is 12.4 Å². The summed E-state index contributed by atoms with van der Waals surface area (Å²) in [4.78, 5) is 16.9. The standard InChI is InChI=1S/C17H27N3O.ClH/c1-19(2)10-11-20(13-14-6-4-3-5-7-14)17(21)15-8-9-16(18)12-15;/h3-7,15-16H,8-13,18H2,1-2H3;1H. The van der Waals surface area contributed by atoms with Crippen LogP contribution in [0.15, 0.2) is 30.3 Å². The van der Waals surface area contributed by atoms with E-state index in [0.717, 1.165) is 32.4 Å². The highest BCUT2D eigenvalue weighted by atomic mass is 35.5. The van der Waals surface area contributed by atoms with Gasteiger partial charge in [0.15, 0.2) is 0 Å². The van der Waals surface area contributed by atoms with Gasteiger partial charge in [0.05, 0.1) is 0 Å². The Bertz CT molecular complexity index is 452. The van der Waals surface area contributed by atoms with Crippen LogP contribution in [0.25, 0.3) is 0 Å². The summed E-state index contributed by atoms with van der Waals surface area (Å²) in [5.41, 5.74) is 7.15. The van der Waals surface area contributed by atoms with E-state index in [9.17, 15) is 4.79 Å². The fraction of sp³-hybridized carbons (Fsp3) is 0.588. The van der Waals surface area contributed by atoms with Crippen LogP contribution in [0.5, 0.6) is 0 Å². The Morgan fingerprint density at radius 2 is 1.86 bits per heavy atom. The van der Waals surface area contributed by atoms with Gasteiger partial charge < -0.3 is 15.5 Å². The highest BCUT2D eigenvalue weighted by Crippen LogP contribution is 2.26. The number of nitrogens with zero attached hydrogens (tertiary/aromatic N) is 2. The fourth-order valence-electron chi connectivity index (χ4n) is 2.89. The Labute approximate surface area is 140 Å². The molecule has 0 saturated heterocycles. The first-order valence-corrected chi connectivity index (χ1v) is 7.79. The summed E-state index contributed by atoms with van der Waals surface area (Å²) in [6, 6.07) is 10.4. The SMILES string of the molecule is CN(C)CCN(Cc1ccccc1)C(=O)C1CCC(N)C1.Cl. The molecule has 5 heteroatoms. The summed E-state index contributed by atoms with van der Waals surface area (Å²) in [7, 11) is 4.08. The lowest BCUT2D eigenvalue weighted by Gasteiger charge is -2.27. The summed E-state index contributed by atoms with van der Waals surface area (Å²) < 4.78 is 0. The van der Waals surface area contributed by atoms with Crippen LogP contribution in [0, 0.1) is 5.92 Å². The molecule has 1 fully saturated rings. The van der Waals surface area contributed by atoms with E-state index in [4.69, 9.17) is 5.73 Å². The van der Waals surface area contributed by atoms with Gasteiger partial charge in [0.25, 0.3) is 0 Å². The molecule has 0 aliphatic heterocycles. The molecule has 124 valence electrons. The van der Waals surface area contributed by atoms with E-state index in [0.29, 0.717) is 6.54 Å². The van der Waals surface area contributed by atoms with Crippen LogP contribution < -0.4 is 5.73 Å². The Balaban J connectivity index is 0.00000242. The lowest BCUT2D eigenvalue weighted by Crippen LogP contribution is -2.39. The van der Waals surface area contributed by atoms with Crippen molar-refractivity contribution in [3.8, 4) is 0 Å². The summed E-state index contributed by atoms with van der Waals surface area (Å²) in [6.45, 7) is 2.35. The van der Waals surface area contributed by atoms with E-state index in [1.54, 1.807) is 0 Å². The van der Waals surface area contributed by atoms with Crippen LogP contribution in [0.2, 0.25) is 0 Å². The zero-order valence-corrected chi connectivity index (χ0v) is 14.4. The van der Waals surface area contributed by atoms with Crippen molar-refractivity contribution in [2.45, 2.75) is 31.8 Å². The minimum absolute atomic E-state index is 0. The van der Waals surface area contributed by atoms with Gasteiger partial charge in [0, 0.05) is 31.6 Å². The van der Waals surface area contributed by atoms with E-state index in [-0.39, 0.29) is 30.3 Å². The normalized spacial score (nSPS) is 20.7. The molecule has 1 aromatic carbocycles. The number of amides is 1. The molecular weight excluding hydrogens is 298 g/mol. The minimum atomic E-state index is 0. The van der Waals surface area contributed by atoms with Gasteiger partial charge in [-0.15, -0.1) is 12.4 Å². The van der Waals surface area contributed by atoms with Gasteiger partial charge in [-0.1, -0.05) is 30.3 Å². The van der Waals surface area contributed by atoms with Gasteiger partial charge in [0.2, 0.25) is 5.91 Å². The second-order valence-electron chi connectivity index (χ2n) is 6.32. The Hall–Kier alpha value is -1.10. The third kappa shape index (κ3) is 5.59. The molecule has 1 amide bonds. The first-order chi connectivity index (χ1) is 10.1. The fourth-order valence-corrected chi connectivity index (χ4v) is 2.89. The summed E-state index contributed by atoms with van der Waals surface area (Å²) in [5, 5.41) is 0. The predicted molar refractivity (Wildman–Crippen MR) is 93.0 cm³/mol. The maximum Gasteiger partial charge on any atom is 0.226 e. The molecule has 0 aromatic heterocycles. The number of benzene rings is 1. The maximum absolute atomic E-state index is 12.8. The number of nitrogens with two attached hydrogens (primary N) is 1. The van der Waals surface area contributed by atoms with Crippen LogP contribution in [-0.4, -0.2) is 48.9 Å². The van der Waals surface area contributed by atoms with E-state index in [2.05, 4.69) is 17.0 Å². The second kappa shape index (κ2) is 9.13. The highest BCUT2D eigenvalue weighted by molar-refractivity contribution is 5.85. The molecular formula is C17H28ClN3O. The topological polar surface area (TPSA) is 49.6 Å². The largest absolute Gasteiger partial charge is 0.337 e. The van der Waals surface area contributed by atoms with Crippen LogP contribution in [-0.2, 0) is 11.3 Å². The zero-order valence-electron chi connectivity index (χ0n) is 13.6. The number of carbonyl (C=O) groups excluding carboxylic acids is 1. The molecule has 0 heterocycles. The number of halogens is 1. The number of hydrogen-bond acceptors (Lipinski definition) is 3. The zero-order chi connectivity index (χ0) is 15.2. The van der Waals surface area contributed by atoms with Gasteiger partial charge >= 0.3 is 0 Å². The van der Waals surface area contributed by atoms with Gasteiger partial charge in [0.1, 0.15) is 0 Å². The molecule has 0 spiro atoms. The van der Waals surface area contributed by atoms with Crippen molar-refractivity contribution >= 4 is 18.3 Å². The quantitative estimate of drug-likeness (QED) is 0.871. The van der Waals surface area contributed by atoms with Crippen molar-refractivity contribution < 1.29 is 4.79 Å². The summed E-state index contributed by atoms with van der Waals surface area (Å²) in [5.74, 6) is 0.388. The van der Waals surface area contributed by atoms with Crippen LogP contribution in [0.3, 0.4) is 0 Å². The molecule has 22 heavy (non-hydrogen) atoms. The molecule has 0 radical (unpaired) electrons. The third-order valence-electron chi connectivity index (χ3n) is 4.17. The van der Waals surface area contributed by atoms with Gasteiger partial charge in [-0.25, -0.2) is 0 Å². The second-order valence-corrected chi connectivity index (χ2v) is 6.32. The lowest BCUT2D eigenvalue weighted by molar-refractivity contribution is -0.136. The summed E-state index contributed by atoms with van der Waals surface area (Å²) in [6.07, 6.45) is 2.75. The Morgan fingerprint density at radius 3 is 2.41 bits per heavy atom. The molecule has 1 aliphatic rings. The average molecular weight is 326 g/mol. The van der Waals surface area contributed by atoms with Crippen molar-refractivity contribution in [3.05, 3.63) is 35.9 Å². The molecule has 2 atom stereocenters. The van der Waals surface area contributed by atoms with E-state index >= 15 is 0 Å². The van der Waals surface area contributed by atoms with Crippen molar-refractivity contribution in [2.24, 2.45) is 11.7 Å². The number of hydrogen-bond donors (Lipinski definition) is 1. The molecule has 2 N–H and O–H groups in total. The third-order valence-corrected chi connectivity index (χ3v) is 4.17. The van der Waals surface area contributed by atoms with E-state index in [1.807, 2.05) is 37.2 Å². The summed E-state index contributed by atoms with van der Waals surface area (Å²) >= 11 is 0. The maximum atomic E-state index is 12.8. The molecule has 4 nitrogen and oxygen atoms in total. The molecule has 2 unspecified atom stereocenters. The highest BCUT2D eigenvalue weighted by Gasteiger charge is 2.30. The predicted octanol–water partition coefficient (Wildman–Crippen LogP) is 2.13. The lowest BCUT2D eigenvalue weighted by atomic mass is 10.1. The molecule has 0 bridgehead atoms. The monoisotopic (exact) mass is 325 g/mol. The number of likely N-dealkylation sites (N-methyl/N-ethyl adjacent to an activating group) is 1. The van der Waals surface area contributed by atoms with Crippen molar-refractivity contribution in [3.63, 3.8) is 0 Å². The first-order valence-electron chi connectivity index (χ1n) is 7.79. The molecule has 1 aliphatic carbocycles. The Kier molecular flexibility index (Phi) is 7.87. The van der Waals surface area contributed by atoms with Crippen LogP contribution in [0.1, 0.15) is 24.8 Å². The van der Waals surface area contributed by atoms with Gasteiger partial charge in [-0.2, -0.15) is 0 Å².